The van der Waals surface area contributed by atoms with Crippen molar-refractivity contribution in [1.82, 2.24) is 14.7 Å². The van der Waals surface area contributed by atoms with Crippen LogP contribution < -0.4 is 0 Å². The van der Waals surface area contributed by atoms with Crippen molar-refractivity contribution >= 4 is 29.3 Å². The van der Waals surface area contributed by atoms with Crippen LogP contribution in [0.15, 0.2) is 24.3 Å². The van der Waals surface area contributed by atoms with E-state index in [2.05, 4.69) is 0 Å². The van der Waals surface area contributed by atoms with Gasteiger partial charge in [0.1, 0.15) is 0 Å². The highest BCUT2D eigenvalue weighted by atomic mass is 35.5. The largest absolute Gasteiger partial charge is 0.378 e. The molecule has 0 saturated carbocycles. The molecule has 3 saturated heterocycles. The summed E-state index contributed by atoms with van der Waals surface area (Å²) < 4.78 is 5.42. The molecule has 162 valence electrons. The van der Waals surface area contributed by atoms with Gasteiger partial charge in [0.2, 0.25) is 11.8 Å². The van der Waals surface area contributed by atoms with E-state index in [0.29, 0.717) is 75.8 Å². The third kappa shape index (κ3) is 3.81. The molecule has 8 heteroatoms. The molecular weight excluding hydrogens is 406 g/mol. The number of morpholine rings is 1. The molecule has 3 aliphatic heterocycles. The topological polar surface area (TPSA) is 70.2 Å². The lowest BCUT2D eigenvalue weighted by molar-refractivity contribution is -0.149. The Hall–Kier alpha value is -2.12. The van der Waals surface area contributed by atoms with Crippen molar-refractivity contribution in [3.63, 3.8) is 0 Å². The first-order valence-electron chi connectivity index (χ1n) is 10.6. The number of rotatable bonds is 2. The maximum Gasteiger partial charge on any atom is 0.253 e. The van der Waals surface area contributed by atoms with Crippen molar-refractivity contribution < 1.29 is 19.1 Å². The number of carbonyl (C=O) groups is 3. The second kappa shape index (κ2) is 8.55. The number of hydrogen-bond donors (Lipinski definition) is 0. The Balaban J connectivity index is 1.59. The Morgan fingerprint density at radius 3 is 2.30 bits per heavy atom. The number of fused-ring (bicyclic) bond motifs is 1. The third-order valence-corrected chi connectivity index (χ3v) is 7.07. The molecular formula is C22H28ClN3O4. The van der Waals surface area contributed by atoms with Gasteiger partial charge < -0.3 is 19.4 Å². The lowest BCUT2D eigenvalue weighted by atomic mass is 9.75. The molecule has 3 aliphatic rings. The molecule has 3 fully saturated rings. The van der Waals surface area contributed by atoms with E-state index in [9.17, 15) is 14.4 Å². The van der Waals surface area contributed by atoms with Gasteiger partial charge in [0.15, 0.2) is 0 Å². The van der Waals surface area contributed by atoms with Gasteiger partial charge in [0, 0.05) is 56.3 Å². The first-order chi connectivity index (χ1) is 14.4. The van der Waals surface area contributed by atoms with Gasteiger partial charge in [-0.15, -0.1) is 0 Å². The molecule has 0 spiro atoms. The molecule has 3 amide bonds. The third-order valence-electron chi connectivity index (χ3n) is 6.82. The van der Waals surface area contributed by atoms with Crippen LogP contribution in [0.1, 0.15) is 36.5 Å². The van der Waals surface area contributed by atoms with Gasteiger partial charge in [-0.25, -0.2) is 0 Å². The maximum absolute atomic E-state index is 13.7. The molecule has 3 heterocycles. The van der Waals surface area contributed by atoms with Gasteiger partial charge in [-0.05, 0) is 43.5 Å². The molecule has 4 rings (SSSR count). The predicted molar refractivity (Wildman–Crippen MR) is 112 cm³/mol. The highest BCUT2D eigenvalue weighted by Crippen LogP contribution is 2.45. The fourth-order valence-electron chi connectivity index (χ4n) is 5.18. The summed E-state index contributed by atoms with van der Waals surface area (Å²) in [4.78, 5) is 44.6. The fraction of sp³-hybridized carbons (Fsp3) is 0.591. The number of nitrogens with zero attached hydrogens (tertiary/aromatic N) is 3. The summed E-state index contributed by atoms with van der Waals surface area (Å²) in [6, 6.07) is 6.71. The molecule has 0 N–H and O–H groups in total. The Kier molecular flexibility index (Phi) is 6.02. The quantitative estimate of drug-likeness (QED) is 0.715. The minimum atomic E-state index is -0.627. The lowest BCUT2D eigenvalue weighted by Crippen LogP contribution is -2.54. The predicted octanol–water partition coefficient (Wildman–Crippen LogP) is 2.04. The van der Waals surface area contributed by atoms with Crippen molar-refractivity contribution in [3.8, 4) is 0 Å². The van der Waals surface area contributed by atoms with E-state index in [0.717, 1.165) is 0 Å². The van der Waals surface area contributed by atoms with Crippen LogP contribution in [0.4, 0.5) is 0 Å². The van der Waals surface area contributed by atoms with E-state index in [1.54, 1.807) is 31.2 Å². The van der Waals surface area contributed by atoms with Crippen LogP contribution in [0.3, 0.4) is 0 Å². The second-order valence-corrected chi connectivity index (χ2v) is 8.81. The summed E-state index contributed by atoms with van der Waals surface area (Å²) in [6.07, 6.45) is 1.82. The van der Waals surface area contributed by atoms with Gasteiger partial charge in [-0.1, -0.05) is 11.6 Å². The maximum atomic E-state index is 13.7. The number of carbonyl (C=O) groups excluding carboxylic acids is 3. The summed E-state index contributed by atoms with van der Waals surface area (Å²) in [5, 5.41) is 0.587. The number of benzene rings is 1. The standard InChI is InChI=1S/C22H28ClN3O4/c1-16(27)26-11-8-22(21(29)25-12-14-30-15-13-25)7-10-24(9-6-19(22)26)20(28)17-2-4-18(23)5-3-17/h2-5,19H,6-15H2,1H3/t19-,22+/m1/s1. The number of likely N-dealkylation sites (tertiary alicyclic amines) is 2. The van der Waals surface area contributed by atoms with E-state index in [4.69, 9.17) is 16.3 Å². The SMILES string of the molecule is CC(=O)N1CC[C@@]2(C(=O)N3CCOCC3)CCN(C(=O)c3ccc(Cl)cc3)CC[C@@H]12. The van der Waals surface area contributed by atoms with Crippen LogP contribution in [-0.4, -0.2) is 84.4 Å². The zero-order chi connectivity index (χ0) is 21.3. The first-order valence-corrected chi connectivity index (χ1v) is 11.0. The van der Waals surface area contributed by atoms with Gasteiger partial charge in [0.25, 0.3) is 5.91 Å². The van der Waals surface area contributed by atoms with E-state index in [1.807, 2.05) is 14.7 Å². The molecule has 1 aromatic carbocycles. The Bertz CT molecular complexity index is 824. The lowest BCUT2D eigenvalue weighted by Gasteiger charge is -2.40. The van der Waals surface area contributed by atoms with Gasteiger partial charge in [0.05, 0.1) is 18.6 Å². The summed E-state index contributed by atoms with van der Waals surface area (Å²) >= 11 is 5.95. The van der Waals surface area contributed by atoms with Crippen LogP contribution in [0.5, 0.6) is 0 Å². The molecule has 0 aromatic heterocycles. The summed E-state index contributed by atoms with van der Waals surface area (Å²) in [7, 11) is 0. The van der Waals surface area contributed by atoms with Crippen LogP contribution in [0.25, 0.3) is 0 Å². The molecule has 30 heavy (non-hydrogen) atoms. The second-order valence-electron chi connectivity index (χ2n) is 8.38. The average Bonchev–Trinajstić information content (AvgIpc) is 3.03. The Morgan fingerprint density at radius 2 is 1.63 bits per heavy atom. The smallest absolute Gasteiger partial charge is 0.253 e. The molecule has 0 radical (unpaired) electrons. The Labute approximate surface area is 181 Å². The summed E-state index contributed by atoms with van der Waals surface area (Å²) in [6.45, 7) is 5.45. The molecule has 0 aliphatic carbocycles. The molecule has 7 nitrogen and oxygen atoms in total. The zero-order valence-electron chi connectivity index (χ0n) is 17.3. The highest BCUT2D eigenvalue weighted by Gasteiger charge is 2.55. The van der Waals surface area contributed by atoms with Crippen LogP contribution in [0, 0.1) is 5.41 Å². The highest BCUT2D eigenvalue weighted by molar-refractivity contribution is 6.30. The van der Waals surface area contributed by atoms with Crippen molar-refractivity contribution in [2.75, 3.05) is 45.9 Å². The number of halogens is 1. The van der Waals surface area contributed by atoms with Gasteiger partial charge >= 0.3 is 0 Å². The monoisotopic (exact) mass is 433 g/mol. The van der Waals surface area contributed by atoms with Gasteiger partial charge in [-0.3, -0.25) is 14.4 Å². The van der Waals surface area contributed by atoms with E-state index >= 15 is 0 Å². The number of amides is 3. The van der Waals surface area contributed by atoms with Crippen LogP contribution >= 0.6 is 11.6 Å². The minimum absolute atomic E-state index is 0.00543. The van der Waals surface area contributed by atoms with Crippen LogP contribution in [-0.2, 0) is 14.3 Å². The normalized spacial score (nSPS) is 26.9. The molecule has 0 bridgehead atoms. The number of hydrogen-bond acceptors (Lipinski definition) is 4. The van der Waals surface area contributed by atoms with Crippen molar-refractivity contribution in [2.45, 2.75) is 32.2 Å². The van der Waals surface area contributed by atoms with E-state index in [1.165, 1.54) is 0 Å². The Morgan fingerprint density at radius 1 is 0.967 bits per heavy atom. The van der Waals surface area contributed by atoms with Crippen LogP contribution in [0.2, 0.25) is 5.02 Å². The minimum Gasteiger partial charge on any atom is -0.378 e. The zero-order valence-corrected chi connectivity index (χ0v) is 18.1. The number of ether oxygens (including phenoxy) is 1. The molecule has 1 aromatic rings. The van der Waals surface area contributed by atoms with Crippen molar-refractivity contribution in [3.05, 3.63) is 34.9 Å². The van der Waals surface area contributed by atoms with Crippen molar-refractivity contribution in [2.24, 2.45) is 5.41 Å². The van der Waals surface area contributed by atoms with E-state index < -0.39 is 5.41 Å². The van der Waals surface area contributed by atoms with Crippen molar-refractivity contribution in [1.29, 1.82) is 0 Å². The summed E-state index contributed by atoms with van der Waals surface area (Å²) in [5.41, 5.74) is -0.0404. The summed E-state index contributed by atoms with van der Waals surface area (Å²) in [5.74, 6) is 0.0458. The first kappa shape index (κ1) is 21.1. The molecule has 0 unspecified atom stereocenters. The van der Waals surface area contributed by atoms with Gasteiger partial charge in [-0.2, -0.15) is 0 Å². The van der Waals surface area contributed by atoms with E-state index in [-0.39, 0.29) is 23.8 Å². The molecule has 2 atom stereocenters. The fourth-order valence-corrected chi connectivity index (χ4v) is 5.31. The average molecular weight is 434 g/mol.